The minimum Gasteiger partial charge on any atom is -0.497 e. The van der Waals surface area contributed by atoms with Crippen LogP contribution in [-0.4, -0.2) is 31.0 Å². The van der Waals surface area contributed by atoms with E-state index in [-0.39, 0.29) is 22.9 Å². The van der Waals surface area contributed by atoms with Gasteiger partial charge in [-0.2, -0.15) is 0 Å². The molecule has 0 atom stereocenters. The Kier molecular flexibility index (Phi) is 5.17. The minimum absolute atomic E-state index is 0.180. The molecule has 0 saturated heterocycles. The number of carbonyl (C=O) groups excluding carboxylic acids is 2. The van der Waals surface area contributed by atoms with Gasteiger partial charge in [-0.05, 0) is 42.0 Å². The SMILES string of the molecule is COc1cc(OC)cc(C(=O)Oc2ccc3c(c2)O/C(=C\c2cccnc2)C3=O)c1. The van der Waals surface area contributed by atoms with Crippen LogP contribution in [0.1, 0.15) is 26.3 Å². The quantitative estimate of drug-likeness (QED) is 0.362. The highest BCUT2D eigenvalue weighted by Gasteiger charge is 2.28. The molecule has 150 valence electrons. The molecule has 4 rings (SSSR count). The summed E-state index contributed by atoms with van der Waals surface area (Å²) in [6, 6.07) is 13.0. The number of esters is 1. The first-order valence-electron chi connectivity index (χ1n) is 9.01. The summed E-state index contributed by atoms with van der Waals surface area (Å²) in [6.45, 7) is 0. The minimum atomic E-state index is -0.595. The van der Waals surface area contributed by atoms with Gasteiger partial charge in [0.15, 0.2) is 5.76 Å². The lowest BCUT2D eigenvalue weighted by molar-refractivity contribution is 0.0733. The van der Waals surface area contributed by atoms with Crippen molar-refractivity contribution in [3.05, 3.63) is 83.4 Å². The highest BCUT2D eigenvalue weighted by atomic mass is 16.5. The number of allylic oxidation sites excluding steroid dienone is 1. The second-order valence-corrected chi connectivity index (χ2v) is 6.37. The molecule has 1 aromatic heterocycles. The van der Waals surface area contributed by atoms with Crippen molar-refractivity contribution in [2.24, 2.45) is 0 Å². The molecular weight excluding hydrogens is 386 g/mol. The normalized spacial score (nSPS) is 13.5. The third-order valence-electron chi connectivity index (χ3n) is 4.42. The maximum atomic E-state index is 12.6. The Morgan fingerprint density at radius 1 is 1.00 bits per heavy atom. The lowest BCUT2D eigenvalue weighted by Gasteiger charge is -2.09. The van der Waals surface area contributed by atoms with Crippen LogP contribution in [0.4, 0.5) is 0 Å². The number of benzene rings is 2. The van der Waals surface area contributed by atoms with E-state index in [1.54, 1.807) is 54.9 Å². The van der Waals surface area contributed by atoms with Gasteiger partial charge < -0.3 is 18.9 Å². The second kappa shape index (κ2) is 8.08. The van der Waals surface area contributed by atoms with E-state index in [1.165, 1.54) is 20.3 Å². The lowest BCUT2D eigenvalue weighted by atomic mass is 10.1. The standard InChI is InChI=1S/C23H17NO6/c1-27-17-9-15(10-18(11-17)28-2)23(26)29-16-5-6-19-20(12-16)30-21(22(19)25)8-14-4-3-7-24-13-14/h3-13H,1-2H3/b21-8-. The van der Waals surface area contributed by atoms with E-state index >= 15 is 0 Å². The van der Waals surface area contributed by atoms with Gasteiger partial charge in [-0.25, -0.2) is 4.79 Å². The van der Waals surface area contributed by atoms with Gasteiger partial charge in [-0.15, -0.1) is 0 Å². The molecule has 2 aromatic carbocycles. The van der Waals surface area contributed by atoms with Crippen LogP contribution in [0.2, 0.25) is 0 Å². The second-order valence-electron chi connectivity index (χ2n) is 6.37. The fraction of sp³-hybridized carbons (Fsp3) is 0.0870. The van der Waals surface area contributed by atoms with Crippen molar-refractivity contribution in [1.82, 2.24) is 4.98 Å². The largest absolute Gasteiger partial charge is 0.497 e. The van der Waals surface area contributed by atoms with E-state index in [0.717, 1.165) is 5.56 Å². The first-order valence-corrected chi connectivity index (χ1v) is 9.01. The van der Waals surface area contributed by atoms with Crippen molar-refractivity contribution in [1.29, 1.82) is 0 Å². The van der Waals surface area contributed by atoms with Crippen LogP contribution in [0.15, 0.2) is 66.7 Å². The summed E-state index contributed by atoms with van der Waals surface area (Å²) in [7, 11) is 2.99. The number of Topliss-reactive ketones (excluding diaryl/α,β-unsaturated/α-hetero) is 1. The topological polar surface area (TPSA) is 84.0 Å². The number of carbonyl (C=O) groups is 2. The van der Waals surface area contributed by atoms with Crippen LogP contribution in [-0.2, 0) is 0 Å². The number of aromatic nitrogens is 1. The maximum Gasteiger partial charge on any atom is 0.343 e. The molecule has 0 aliphatic carbocycles. The average molecular weight is 403 g/mol. The summed E-state index contributed by atoms with van der Waals surface area (Å²) >= 11 is 0. The summed E-state index contributed by atoms with van der Waals surface area (Å²) < 4.78 is 21.5. The molecule has 0 N–H and O–H groups in total. The molecule has 0 saturated carbocycles. The van der Waals surface area contributed by atoms with E-state index < -0.39 is 5.97 Å². The molecule has 2 heterocycles. The molecule has 0 amide bonds. The molecule has 1 aliphatic heterocycles. The predicted molar refractivity (Wildman–Crippen MR) is 108 cm³/mol. The number of ether oxygens (including phenoxy) is 4. The first kappa shape index (κ1) is 19.2. The molecule has 0 fully saturated rings. The number of ketones is 1. The molecule has 7 nitrogen and oxygen atoms in total. The zero-order valence-electron chi connectivity index (χ0n) is 16.2. The molecule has 0 radical (unpaired) electrons. The number of hydrogen-bond donors (Lipinski definition) is 0. The zero-order chi connectivity index (χ0) is 21.1. The van der Waals surface area contributed by atoms with Crippen LogP contribution in [0, 0.1) is 0 Å². The van der Waals surface area contributed by atoms with E-state index in [4.69, 9.17) is 18.9 Å². The Bertz CT molecular complexity index is 1130. The van der Waals surface area contributed by atoms with E-state index in [2.05, 4.69) is 4.98 Å². The third kappa shape index (κ3) is 3.86. The van der Waals surface area contributed by atoms with Crippen LogP contribution in [0.3, 0.4) is 0 Å². The Morgan fingerprint density at radius 3 is 2.43 bits per heavy atom. The maximum absolute atomic E-state index is 12.6. The first-order chi connectivity index (χ1) is 14.6. The number of rotatable bonds is 5. The van der Waals surface area contributed by atoms with E-state index in [9.17, 15) is 9.59 Å². The van der Waals surface area contributed by atoms with Crippen LogP contribution in [0.5, 0.6) is 23.0 Å². The molecular formula is C23H17NO6. The van der Waals surface area contributed by atoms with Crippen LogP contribution in [0.25, 0.3) is 6.08 Å². The number of methoxy groups -OCH3 is 2. The van der Waals surface area contributed by atoms with Gasteiger partial charge in [0.2, 0.25) is 5.78 Å². The average Bonchev–Trinajstić information content (AvgIpc) is 3.08. The fourth-order valence-corrected chi connectivity index (χ4v) is 2.93. The number of nitrogens with zero attached hydrogens (tertiary/aromatic N) is 1. The van der Waals surface area contributed by atoms with Crippen LogP contribution >= 0.6 is 0 Å². The summed E-state index contributed by atoms with van der Waals surface area (Å²) in [5.41, 5.74) is 1.40. The summed E-state index contributed by atoms with van der Waals surface area (Å²) in [6.07, 6.45) is 4.89. The number of pyridine rings is 1. The van der Waals surface area contributed by atoms with Gasteiger partial charge in [-0.3, -0.25) is 9.78 Å². The molecule has 0 spiro atoms. The van der Waals surface area contributed by atoms with E-state index in [0.29, 0.717) is 22.8 Å². The van der Waals surface area contributed by atoms with Crippen molar-refractivity contribution >= 4 is 17.8 Å². The summed E-state index contributed by atoms with van der Waals surface area (Å²) in [5, 5.41) is 0. The smallest absolute Gasteiger partial charge is 0.343 e. The Morgan fingerprint density at radius 2 is 1.77 bits per heavy atom. The van der Waals surface area contributed by atoms with Crippen molar-refractivity contribution in [3.8, 4) is 23.0 Å². The Balaban J connectivity index is 1.55. The van der Waals surface area contributed by atoms with E-state index in [1.807, 2.05) is 6.07 Å². The molecule has 30 heavy (non-hydrogen) atoms. The Labute approximate surface area is 172 Å². The monoisotopic (exact) mass is 403 g/mol. The predicted octanol–water partition coefficient (Wildman–Crippen LogP) is 3.93. The molecule has 1 aliphatic rings. The highest BCUT2D eigenvalue weighted by Crippen LogP contribution is 2.35. The van der Waals surface area contributed by atoms with Crippen LogP contribution < -0.4 is 18.9 Å². The number of fused-ring (bicyclic) bond motifs is 1. The Hall–Kier alpha value is -4.13. The van der Waals surface area contributed by atoms with Gasteiger partial charge in [-0.1, -0.05) is 6.07 Å². The summed E-state index contributed by atoms with van der Waals surface area (Å²) in [5.74, 6) is 0.842. The van der Waals surface area contributed by atoms with Gasteiger partial charge >= 0.3 is 5.97 Å². The van der Waals surface area contributed by atoms with Gasteiger partial charge in [0, 0.05) is 24.5 Å². The summed E-state index contributed by atoms with van der Waals surface area (Å²) in [4.78, 5) is 29.1. The highest BCUT2D eigenvalue weighted by molar-refractivity contribution is 6.14. The third-order valence-corrected chi connectivity index (χ3v) is 4.42. The van der Waals surface area contributed by atoms with Gasteiger partial charge in [0.05, 0.1) is 25.3 Å². The van der Waals surface area contributed by atoms with Crippen molar-refractivity contribution < 1.29 is 28.5 Å². The molecule has 0 bridgehead atoms. The molecule has 0 unspecified atom stereocenters. The fourth-order valence-electron chi connectivity index (χ4n) is 2.93. The van der Waals surface area contributed by atoms with Gasteiger partial charge in [0.25, 0.3) is 0 Å². The van der Waals surface area contributed by atoms with Crippen molar-refractivity contribution in [2.45, 2.75) is 0 Å². The van der Waals surface area contributed by atoms with Crippen molar-refractivity contribution in [2.75, 3.05) is 14.2 Å². The van der Waals surface area contributed by atoms with Gasteiger partial charge in [0.1, 0.15) is 23.0 Å². The number of hydrogen-bond acceptors (Lipinski definition) is 7. The lowest BCUT2D eigenvalue weighted by Crippen LogP contribution is -2.09. The van der Waals surface area contributed by atoms with Crippen molar-refractivity contribution in [3.63, 3.8) is 0 Å². The molecule has 7 heteroatoms. The molecule has 3 aromatic rings. The zero-order valence-corrected chi connectivity index (χ0v) is 16.2.